The van der Waals surface area contributed by atoms with Crippen LogP contribution in [0.25, 0.3) is 33.0 Å². The number of fused-ring (bicyclic) bond motifs is 2. The highest BCUT2D eigenvalue weighted by Crippen LogP contribution is 2.28. The first kappa shape index (κ1) is 15.5. The fourth-order valence-electron chi connectivity index (χ4n) is 3.01. The van der Waals surface area contributed by atoms with Crippen molar-refractivity contribution in [2.45, 2.75) is 6.54 Å². The lowest BCUT2D eigenvalue weighted by Gasteiger charge is -2.08. The summed E-state index contributed by atoms with van der Waals surface area (Å²) in [6, 6.07) is 19.9. The maximum atomic E-state index is 6.03. The number of hydrogen-bond donors (Lipinski definition) is 0. The SMILES string of the molecule is Clc1ccc(Cn2c(-c3cccs3)nc3nc4ccccc4nc32)cc1. The Hall–Kier alpha value is -2.76. The van der Waals surface area contributed by atoms with Crippen LogP contribution < -0.4 is 0 Å². The number of benzene rings is 2. The van der Waals surface area contributed by atoms with Gasteiger partial charge in [-0.3, -0.25) is 0 Å². The lowest BCUT2D eigenvalue weighted by Crippen LogP contribution is -2.03. The van der Waals surface area contributed by atoms with Gasteiger partial charge in [0.05, 0.1) is 22.5 Å². The van der Waals surface area contributed by atoms with Crippen LogP contribution in [0.2, 0.25) is 5.02 Å². The Morgan fingerprint density at radius 1 is 0.846 bits per heavy atom. The summed E-state index contributed by atoms with van der Waals surface area (Å²) in [7, 11) is 0. The zero-order valence-electron chi connectivity index (χ0n) is 13.6. The van der Waals surface area contributed by atoms with Gasteiger partial charge in [0, 0.05) is 5.02 Å². The highest BCUT2D eigenvalue weighted by atomic mass is 35.5. The molecule has 3 heterocycles. The molecule has 0 spiro atoms. The molecule has 0 N–H and O–H groups in total. The molecule has 0 saturated heterocycles. The van der Waals surface area contributed by atoms with E-state index in [1.54, 1.807) is 11.3 Å². The number of halogens is 1. The van der Waals surface area contributed by atoms with E-state index in [1.165, 1.54) is 0 Å². The summed E-state index contributed by atoms with van der Waals surface area (Å²) in [5.41, 5.74) is 4.33. The zero-order chi connectivity index (χ0) is 17.5. The molecule has 2 aromatic carbocycles. The van der Waals surface area contributed by atoms with Crippen molar-refractivity contribution < 1.29 is 0 Å². The van der Waals surface area contributed by atoms with Crippen molar-refractivity contribution >= 4 is 45.3 Å². The minimum absolute atomic E-state index is 0.661. The highest BCUT2D eigenvalue weighted by molar-refractivity contribution is 7.13. The van der Waals surface area contributed by atoms with Gasteiger partial charge in [-0.1, -0.05) is 41.9 Å². The number of rotatable bonds is 3. The van der Waals surface area contributed by atoms with E-state index in [0.717, 1.165) is 38.0 Å². The predicted molar refractivity (Wildman–Crippen MR) is 107 cm³/mol. The van der Waals surface area contributed by atoms with Gasteiger partial charge in [-0.15, -0.1) is 11.3 Å². The molecule has 0 fully saturated rings. The first-order chi connectivity index (χ1) is 12.8. The number of hydrogen-bond acceptors (Lipinski definition) is 4. The number of para-hydroxylation sites is 2. The van der Waals surface area contributed by atoms with Gasteiger partial charge in [0.2, 0.25) is 0 Å². The average Bonchev–Trinajstić information content (AvgIpc) is 3.30. The van der Waals surface area contributed by atoms with Crippen LogP contribution in [0, 0.1) is 0 Å². The van der Waals surface area contributed by atoms with Crippen LogP contribution in [0.5, 0.6) is 0 Å². The Morgan fingerprint density at radius 2 is 1.62 bits per heavy atom. The molecule has 126 valence electrons. The van der Waals surface area contributed by atoms with Gasteiger partial charge in [0.1, 0.15) is 0 Å². The minimum atomic E-state index is 0.661. The normalized spacial score (nSPS) is 11.4. The van der Waals surface area contributed by atoms with Crippen molar-refractivity contribution in [2.24, 2.45) is 0 Å². The smallest absolute Gasteiger partial charge is 0.198 e. The summed E-state index contributed by atoms with van der Waals surface area (Å²) >= 11 is 7.69. The molecule has 0 aliphatic rings. The van der Waals surface area contributed by atoms with Crippen LogP contribution in [-0.4, -0.2) is 19.5 Å². The lowest BCUT2D eigenvalue weighted by atomic mass is 10.2. The second-order valence-electron chi connectivity index (χ2n) is 5.98. The van der Waals surface area contributed by atoms with Crippen molar-refractivity contribution in [3.63, 3.8) is 0 Å². The van der Waals surface area contributed by atoms with E-state index in [0.29, 0.717) is 12.2 Å². The van der Waals surface area contributed by atoms with Gasteiger partial charge in [-0.25, -0.2) is 15.0 Å². The van der Waals surface area contributed by atoms with E-state index in [4.69, 9.17) is 26.6 Å². The molecule has 0 unspecified atom stereocenters. The summed E-state index contributed by atoms with van der Waals surface area (Å²) in [5, 5.41) is 2.78. The fourth-order valence-corrected chi connectivity index (χ4v) is 3.86. The Labute approximate surface area is 158 Å². The molecule has 6 heteroatoms. The Kier molecular flexibility index (Phi) is 3.69. The molecule has 5 rings (SSSR count). The molecule has 0 radical (unpaired) electrons. The third-order valence-electron chi connectivity index (χ3n) is 4.25. The summed E-state index contributed by atoms with van der Waals surface area (Å²) < 4.78 is 2.13. The lowest BCUT2D eigenvalue weighted by molar-refractivity contribution is 0.827. The zero-order valence-corrected chi connectivity index (χ0v) is 15.2. The Balaban J connectivity index is 1.75. The van der Waals surface area contributed by atoms with Gasteiger partial charge in [0.15, 0.2) is 17.1 Å². The first-order valence-electron chi connectivity index (χ1n) is 8.19. The summed E-state index contributed by atoms with van der Waals surface area (Å²) in [6.45, 7) is 0.661. The first-order valence-corrected chi connectivity index (χ1v) is 9.45. The molecular weight excluding hydrogens is 364 g/mol. The number of imidazole rings is 1. The van der Waals surface area contributed by atoms with Crippen molar-refractivity contribution in [1.29, 1.82) is 0 Å². The van der Waals surface area contributed by atoms with Crippen LogP contribution >= 0.6 is 22.9 Å². The predicted octanol–water partition coefficient (Wildman–Crippen LogP) is 5.41. The fraction of sp³-hybridized carbons (Fsp3) is 0.0500. The van der Waals surface area contributed by atoms with Crippen LogP contribution in [0.3, 0.4) is 0 Å². The molecule has 0 bridgehead atoms. The molecule has 0 aliphatic heterocycles. The maximum absolute atomic E-state index is 6.03. The van der Waals surface area contributed by atoms with Gasteiger partial charge >= 0.3 is 0 Å². The molecule has 3 aromatic heterocycles. The van der Waals surface area contributed by atoms with Crippen molar-refractivity contribution in [2.75, 3.05) is 0 Å². The number of nitrogens with zero attached hydrogens (tertiary/aromatic N) is 4. The van der Waals surface area contributed by atoms with E-state index in [2.05, 4.69) is 16.0 Å². The topological polar surface area (TPSA) is 43.6 Å². The number of aromatic nitrogens is 4. The van der Waals surface area contributed by atoms with Crippen LogP contribution in [0.15, 0.2) is 66.0 Å². The second kappa shape index (κ2) is 6.20. The third kappa shape index (κ3) is 2.66. The quantitative estimate of drug-likeness (QED) is 0.423. The van der Waals surface area contributed by atoms with E-state index in [9.17, 15) is 0 Å². The molecular formula is C20H13ClN4S. The summed E-state index contributed by atoms with van der Waals surface area (Å²) in [4.78, 5) is 15.4. The molecule has 0 aliphatic carbocycles. The van der Waals surface area contributed by atoms with Gasteiger partial charge in [-0.2, -0.15) is 0 Å². The molecule has 0 saturated carbocycles. The van der Waals surface area contributed by atoms with Gasteiger partial charge < -0.3 is 4.57 Å². The van der Waals surface area contributed by atoms with Gasteiger partial charge in [-0.05, 0) is 41.3 Å². The van der Waals surface area contributed by atoms with E-state index >= 15 is 0 Å². The molecule has 26 heavy (non-hydrogen) atoms. The van der Waals surface area contributed by atoms with Crippen molar-refractivity contribution in [1.82, 2.24) is 19.5 Å². The standard InChI is InChI=1S/C20H13ClN4S/c21-14-9-7-13(8-10-14)12-25-19(17-6-3-11-26-17)24-18-20(25)23-16-5-2-1-4-15(16)22-18/h1-11H,12H2. The highest BCUT2D eigenvalue weighted by Gasteiger charge is 2.17. The van der Waals surface area contributed by atoms with Crippen molar-refractivity contribution in [3.8, 4) is 10.7 Å². The monoisotopic (exact) mass is 376 g/mol. The Bertz CT molecular complexity index is 1210. The Morgan fingerprint density at radius 3 is 2.35 bits per heavy atom. The third-order valence-corrected chi connectivity index (χ3v) is 5.37. The van der Waals surface area contributed by atoms with E-state index in [-0.39, 0.29) is 0 Å². The maximum Gasteiger partial charge on any atom is 0.198 e. The van der Waals surface area contributed by atoms with Gasteiger partial charge in [0.25, 0.3) is 0 Å². The molecule has 0 amide bonds. The van der Waals surface area contributed by atoms with Crippen LogP contribution in [0.4, 0.5) is 0 Å². The van der Waals surface area contributed by atoms with E-state index in [1.807, 2.05) is 54.6 Å². The second-order valence-corrected chi connectivity index (χ2v) is 7.37. The average molecular weight is 377 g/mol. The largest absolute Gasteiger partial charge is 0.302 e. The van der Waals surface area contributed by atoms with E-state index < -0.39 is 0 Å². The summed E-state index contributed by atoms with van der Waals surface area (Å²) in [5.74, 6) is 0.889. The minimum Gasteiger partial charge on any atom is -0.302 e. The van der Waals surface area contributed by atoms with Crippen LogP contribution in [0.1, 0.15) is 5.56 Å². The number of thiophene rings is 1. The molecule has 5 aromatic rings. The van der Waals surface area contributed by atoms with Crippen LogP contribution in [-0.2, 0) is 6.54 Å². The van der Waals surface area contributed by atoms with Crippen molar-refractivity contribution in [3.05, 3.63) is 76.6 Å². The molecule has 0 atom stereocenters. The molecule has 4 nitrogen and oxygen atoms in total. The summed E-state index contributed by atoms with van der Waals surface area (Å²) in [6.07, 6.45) is 0.